The van der Waals surface area contributed by atoms with Gasteiger partial charge >= 0.3 is 15.6 Å². The van der Waals surface area contributed by atoms with E-state index in [4.69, 9.17) is 4.74 Å². The lowest BCUT2D eigenvalue weighted by molar-refractivity contribution is -0.0509. The van der Waals surface area contributed by atoms with Crippen LogP contribution in [0.3, 0.4) is 0 Å². The fraction of sp³-hybridized carbons (Fsp3) is 0.333. The van der Waals surface area contributed by atoms with Gasteiger partial charge in [-0.15, -0.1) is 0 Å². The minimum Gasteiger partial charge on any atom is -0.497 e. The minimum absolute atomic E-state index is 0.0482. The number of fused-ring (bicyclic) bond motifs is 1. The van der Waals surface area contributed by atoms with E-state index >= 15 is 0 Å². The van der Waals surface area contributed by atoms with Gasteiger partial charge in [-0.2, -0.15) is 21.6 Å². The molecule has 0 saturated carbocycles. The van der Waals surface area contributed by atoms with E-state index in [-0.39, 0.29) is 29.7 Å². The molecule has 2 rings (SSSR count). The van der Waals surface area contributed by atoms with Crippen molar-refractivity contribution in [3.05, 3.63) is 35.2 Å². The molecule has 9 heteroatoms. The maximum absolute atomic E-state index is 13.8. The van der Waals surface area contributed by atoms with Gasteiger partial charge in [-0.1, -0.05) is 0 Å². The van der Waals surface area contributed by atoms with Gasteiger partial charge in [0.2, 0.25) is 0 Å². The highest BCUT2D eigenvalue weighted by Gasteiger charge is 2.49. The van der Waals surface area contributed by atoms with Crippen LogP contribution in [0.2, 0.25) is 0 Å². The topological polar surface area (TPSA) is 52.6 Å². The van der Waals surface area contributed by atoms with E-state index in [0.29, 0.717) is 0 Å². The minimum atomic E-state index is -5.80. The Balaban J connectivity index is 2.46. The smallest absolute Gasteiger partial charge is 0.497 e. The summed E-state index contributed by atoms with van der Waals surface area (Å²) in [4.78, 5) is 0. The third kappa shape index (κ3) is 2.97. The van der Waals surface area contributed by atoms with E-state index in [1.165, 1.54) is 19.3 Å². The standard InChI is InChI=1S/C12H10F4O4S/c1-19-7-5-9-8(10(13)6-7)3-2-4-11(9)20-21(17,18)12(14,15)16/h4-6H,2-3H2,1H3. The average Bonchev–Trinajstić information content (AvgIpc) is 2.37. The van der Waals surface area contributed by atoms with Crippen LogP contribution in [0.1, 0.15) is 17.5 Å². The molecule has 0 radical (unpaired) electrons. The molecule has 0 fully saturated rings. The molecule has 116 valence electrons. The number of halogens is 4. The van der Waals surface area contributed by atoms with E-state index in [9.17, 15) is 26.0 Å². The van der Waals surface area contributed by atoms with Crippen molar-refractivity contribution < 1.29 is 34.9 Å². The van der Waals surface area contributed by atoms with Gasteiger partial charge in [0.1, 0.15) is 17.3 Å². The third-order valence-corrected chi connectivity index (χ3v) is 3.84. The Morgan fingerprint density at radius 2 is 1.90 bits per heavy atom. The number of hydrogen-bond acceptors (Lipinski definition) is 4. The quantitative estimate of drug-likeness (QED) is 0.487. The van der Waals surface area contributed by atoms with Gasteiger partial charge in [-0.25, -0.2) is 4.39 Å². The summed E-state index contributed by atoms with van der Waals surface area (Å²) in [6, 6.07) is 2.30. The first-order valence-corrected chi connectivity index (χ1v) is 7.14. The van der Waals surface area contributed by atoms with Crippen molar-refractivity contribution in [3.63, 3.8) is 0 Å². The summed E-state index contributed by atoms with van der Waals surface area (Å²) in [5.41, 5.74) is -5.53. The molecule has 4 nitrogen and oxygen atoms in total. The summed E-state index contributed by atoms with van der Waals surface area (Å²) in [7, 11) is -4.55. The lowest BCUT2D eigenvalue weighted by atomic mass is 9.95. The first kappa shape index (κ1) is 15.6. The van der Waals surface area contributed by atoms with Crippen LogP contribution in [0.15, 0.2) is 18.2 Å². The second kappa shape index (κ2) is 5.21. The number of alkyl halides is 3. The predicted molar refractivity (Wildman–Crippen MR) is 65.3 cm³/mol. The van der Waals surface area contributed by atoms with Crippen LogP contribution in [0, 0.1) is 5.82 Å². The van der Waals surface area contributed by atoms with Crippen LogP contribution in [0.5, 0.6) is 5.75 Å². The van der Waals surface area contributed by atoms with E-state index in [0.717, 1.165) is 6.07 Å². The van der Waals surface area contributed by atoms with Gasteiger partial charge in [0.15, 0.2) is 0 Å². The van der Waals surface area contributed by atoms with Gasteiger partial charge in [-0.05, 0) is 30.5 Å². The highest BCUT2D eigenvalue weighted by molar-refractivity contribution is 7.87. The first-order chi connectivity index (χ1) is 9.65. The molecule has 0 aliphatic heterocycles. The van der Waals surface area contributed by atoms with Crippen LogP contribution in [-0.2, 0) is 20.7 Å². The molecule has 0 aromatic heterocycles. The van der Waals surface area contributed by atoms with Crippen LogP contribution in [0.25, 0.3) is 5.76 Å². The number of ether oxygens (including phenoxy) is 1. The Labute approximate surface area is 118 Å². The highest BCUT2D eigenvalue weighted by Crippen LogP contribution is 2.36. The molecule has 1 aliphatic rings. The Morgan fingerprint density at radius 1 is 1.24 bits per heavy atom. The summed E-state index contributed by atoms with van der Waals surface area (Å²) in [5.74, 6) is -1.19. The number of benzene rings is 1. The summed E-state index contributed by atoms with van der Waals surface area (Å²) in [5, 5.41) is 0. The molecule has 0 saturated heterocycles. The third-order valence-electron chi connectivity index (χ3n) is 2.88. The lowest BCUT2D eigenvalue weighted by Gasteiger charge is -2.20. The zero-order valence-corrected chi connectivity index (χ0v) is 11.5. The monoisotopic (exact) mass is 326 g/mol. The molecule has 0 atom stereocenters. The Bertz CT molecular complexity index is 692. The van der Waals surface area contributed by atoms with Crippen LogP contribution >= 0.6 is 0 Å². The normalized spacial score (nSPS) is 15.2. The Kier molecular flexibility index (Phi) is 3.87. The second-order valence-corrected chi connectivity index (χ2v) is 5.76. The zero-order chi connectivity index (χ0) is 15.8. The number of rotatable bonds is 3. The Hall–Kier alpha value is -1.77. The first-order valence-electron chi connectivity index (χ1n) is 5.73. The lowest BCUT2D eigenvalue weighted by Crippen LogP contribution is -2.25. The van der Waals surface area contributed by atoms with Gasteiger partial charge in [0, 0.05) is 11.6 Å². The van der Waals surface area contributed by atoms with Crippen molar-refractivity contribution in [3.8, 4) is 5.75 Å². The number of allylic oxidation sites excluding steroid dienone is 1. The molecule has 0 N–H and O–H groups in total. The van der Waals surface area contributed by atoms with E-state index in [1.54, 1.807) is 0 Å². The maximum atomic E-state index is 13.8. The number of methoxy groups -OCH3 is 1. The molecular formula is C12H10F4O4S. The van der Waals surface area contributed by atoms with Crippen molar-refractivity contribution in [2.75, 3.05) is 7.11 Å². The number of hydrogen-bond donors (Lipinski definition) is 0. The zero-order valence-electron chi connectivity index (χ0n) is 10.7. The second-order valence-electron chi connectivity index (χ2n) is 4.23. The van der Waals surface area contributed by atoms with Crippen LogP contribution in [0.4, 0.5) is 17.6 Å². The maximum Gasteiger partial charge on any atom is 0.534 e. The average molecular weight is 326 g/mol. The molecule has 0 heterocycles. The molecule has 1 aromatic carbocycles. The molecule has 0 spiro atoms. The van der Waals surface area contributed by atoms with Gasteiger partial charge in [0.25, 0.3) is 0 Å². The van der Waals surface area contributed by atoms with Crippen molar-refractivity contribution in [2.45, 2.75) is 18.3 Å². The molecule has 0 amide bonds. The Morgan fingerprint density at radius 3 is 2.48 bits per heavy atom. The van der Waals surface area contributed by atoms with E-state index in [2.05, 4.69) is 4.18 Å². The SMILES string of the molecule is COc1cc(F)c2c(c1)C(OS(=O)(=O)C(F)(F)F)=CCC2. The van der Waals surface area contributed by atoms with Gasteiger partial charge in [-0.3, -0.25) is 0 Å². The van der Waals surface area contributed by atoms with Crippen molar-refractivity contribution in [2.24, 2.45) is 0 Å². The van der Waals surface area contributed by atoms with Crippen LogP contribution in [-0.4, -0.2) is 21.0 Å². The molecule has 1 aliphatic carbocycles. The molecule has 21 heavy (non-hydrogen) atoms. The van der Waals surface area contributed by atoms with Crippen molar-refractivity contribution in [1.82, 2.24) is 0 Å². The largest absolute Gasteiger partial charge is 0.534 e. The fourth-order valence-corrected chi connectivity index (χ4v) is 2.39. The summed E-state index contributed by atoms with van der Waals surface area (Å²) < 4.78 is 81.9. The molecule has 1 aromatic rings. The molecule has 0 bridgehead atoms. The van der Waals surface area contributed by atoms with Gasteiger partial charge in [0.05, 0.1) is 7.11 Å². The highest BCUT2D eigenvalue weighted by atomic mass is 32.2. The van der Waals surface area contributed by atoms with Crippen molar-refractivity contribution in [1.29, 1.82) is 0 Å². The summed E-state index contributed by atoms with van der Waals surface area (Å²) in [6.45, 7) is 0. The molecule has 0 unspecified atom stereocenters. The summed E-state index contributed by atoms with van der Waals surface area (Å²) >= 11 is 0. The van der Waals surface area contributed by atoms with Crippen molar-refractivity contribution >= 4 is 15.9 Å². The summed E-state index contributed by atoms with van der Waals surface area (Å²) in [6.07, 6.45) is 1.56. The molecular weight excluding hydrogens is 316 g/mol. The van der Waals surface area contributed by atoms with E-state index < -0.39 is 27.2 Å². The van der Waals surface area contributed by atoms with Gasteiger partial charge < -0.3 is 8.92 Å². The predicted octanol–water partition coefficient (Wildman–Crippen LogP) is 2.99. The fourth-order valence-electron chi connectivity index (χ4n) is 1.91. The van der Waals surface area contributed by atoms with Crippen LogP contribution < -0.4 is 4.74 Å². The van der Waals surface area contributed by atoms with E-state index in [1.807, 2.05) is 0 Å².